The van der Waals surface area contributed by atoms with E-state index in [-0.39, 0.29) is 0 Å². The number of aromatic nitrogens is 2. The lowest BCUT2D eigenvalue weighted by Crippen LogP contribution is -2.23. The second kappa shape index (κ2) is 6.36. The van der Waals surface area contributed by atoms with E-state index in [9.17, 15) is 4.79 Å². The van der Waals surface area contributed by atoms with Gasteiger partial charge in [0.05, 0.1) is 5.69 Å². The van der Waals surface area contributed by atoms with Crippen LogP contribution in [0.5, 0.6) is 0 Å². The molecule has 1 aromatic heterocycles. The van der Waals surface area contributed by atoms with Crippen LogP contribution in [0.1, 0.15) is 57.3 Å². The van der Waals surface area contributed by atoms with Crippen LogP contribution < -0.4 is 0 Å². The van der Waals surface area contributed by atoms with Gasteiger partial charge in [0.15, 0.2) is 0 Å². The Morgan fingerprint density at radius 3 is 2.53 bits per heavy atom. The molecule has 2 rings (SSSR count). The molecule has 0 unspecified atom stereocenters. The smallest absolute Gasteiger partial charge is 0.141 e. The van der Waals surface area contributed by atoms with Crippen molar-refractivity contribution < 1.29 is 4.79 Å². The molecule has 0 aliphatic heterocycles. The Bertz CT molecular complexity index is 428. The molecule has 0 amide bonds. The van der Waals surface area contributed by atoms with E-state index in [1.54, 1.807) is 0 Å². The number of Topliss-reactive ketones (excluding diaryl/α,β-unsaturated/α-hetero) is 1. The minimum absolute atomic E-state index is 0.294. The molecular weight excluding hydrogens is 236 g/mol. The summed E-state index contributed by atoms with van der Waals surface area (Å²) in [6.07, 6.45) is 7.42. The van der Waals surface area contributed by atoms with E-state index in [4.69, 9.17) is 0 Å². The third-order valence-corrected chi connectivity index (χ3v) is 4.62. The molecule has 1 heterocycles. The summed E-state index contributed by atoms with van der Waals surface area (Å²) in [6.45, 7) is 4.36. The molecule has 0 bridgehead atoms. The predicted molar refractivity (Wildman–Crippen MR) is 77.0 cm³/mol. The summed E-state index contributed by atoms with van der Waals surface area (Å²) in [7, 11) is 1.94. The average molecular weight is 262 g/mol. The van der Waals surface area contributed by atoms with Crippen LogP contribution in [0.15, 0.2) is 6.07 Å². The number of hydrogen-bond donors (Lipinski definition) is 0. The standard InChI is InChI=1S/C16H26N2O/c1-4-12-6-8-13(9-7-12)16(19)11-15-10-14(5-2)17-18(15)3/h10,12-13H,4-9,11H2,1-3H3. The molecule has 0 radical (unpaired) electrons. The van der Waals surface area contributed by atoms with Gasteiger partial charge in [-0.3, -0.25) is 9.48 Å². The summed E-state index contributed by atoms with van der Waals surface area (Å²) < 4.78 is 1.87. The van der Waals surface area contributed by atoms with Crippen molar-refractivity contribution in [1.29, 1.82) is 0 Å². The zero-order valence-corrected chi connectivity index (χ0v) is 12.5. The lowest BCUT2D eigenvalue weighted by Gasteiger charge is -2.26. The highest BCUT2D eigenvalue weighted by Gasteiger charge is 2.25. The molecule has 3 nitrogen and oxygen atoms in total. The predicted octanol–water partition coefficient (Wildman–Crippen LogP) is 3.31. The monoisotopic (exact) mass is 262 g/mol. The molecule has 106 valence electrons. The van der Waals surface area contributed by atoms with Gasteiger partial charge in [0.1, 0.15) is 5.78 Å². The summed E-state index contributed by atoms with van der Waals surface area (Å²) in [4.78, 5) is 12.4. The van der Waals surface area contributed by atoms with E-state index < -0.39 is 0 Å². The Labute approximate surface area is 116 Å². The topological polar surface area (TPSA) is 34.9 Å². The number of hydrogen-bond acceptors (Lipinski definition) is 2. The van der Waals surface area contributed by atoms with E-state index >= 15 is 0 Å². The fraction of sp³-hybridized carbons (Fsp3) is 0.750. The molecule has 0 atom stereocenters. The fourth-order valence-corrected chi connectivity index (χ4v) is 3.13. The number of carbonyl (C=O) groups is 1. The minimum atomic E-state index is 0.294. The van der Waals surface area contributed by atoms with E-state index in [0.29, 0.717) is 18.1 Å². The molecule has 1 aliphatic carbocycles. The van der Waals surface area contributed by atoms with Crippen LogP contribution in [0.25, 0.3) is 0 Å². The summed E-state index contributed by atoms with van der Waals surface area (Å²) in [5.41, 5.74) is 2.15. The van der Waals surface area contributed by atoms with Crippen LogP contribution >= 0.6 is 0 Å². The molecule has 1 fully saturated rings. The van der Waals surface area contributed by atoms with Gasteiger partial charge in [0.2, 0.25) is 0 Å². The first-order valence-electron chi connectivity index (χ1n) is 7.68. The van der Waals surface area contributed by atoms with Gasteiger partial charge < -0.3 is 0 Å². The Balaban J connectivity index is 1.92. The molecule has 19 heavy (non-hydrogen) atoms. The van der Waals surface area contributed by atoms with Gasteiger partial charge in [-0.25, -0.2) is 0 Å². The van der Waals surface area contributed by atoms with E-state index in [2.05, 4.69) is 25.0 Å². The number of nitrogens with zero attached hydrogens (tertiary/aromatic N) is 2. The van der Waals surface area contributed by atoms with Crippen LogP contribution in [0.3, 0.4) is 0 Å². The zero-order valence-electron chi connectivity index (χ0n) is 12.5. The second-order valence-electron chi connectivity index (χ2n) is 5.87. The van der Waals surface area contributed by atoms with Crippen molar-refractivity contribution in [2.45, 2.75) is 58.8 Å². The number of rotatable bonds is 5. The Kier molecular flexibility index (Phi) is 4.78. The molecule has 1 saturated carbocycles. The van der Waals surface area contributed by atoms with Gasteiger partial charge in [0, 0.05) is 25.1 Å². The quantitative estimate of drug-likeness (QED) is 0.816. The molecule has 1 aromatic rings. The molecule has 0 saturated heterocycles. The summed E-state index contributed by atoms with van der Waals surface area (Å²) in [5, 5.41) is 4.42. The maximum absolute atomic E-state index is 12.4. The lowest BCUT2D eigenvalue weighted by molar-refractivity contribution is -0.123. The first kappa shape index (κ1) is 14.3. The van der Waals surface area contributed by atoms with Crippen molar-refractivity contribution in [2.24, 2.45) is 18.9 Å². The zero-order chi connectivity index (χ0) is 13.8. The van der Waals surface area contributed by atoms with Gasteiger partial charge in [-0.05, 0) is 44.1 Å². The van der Waals surface area contributed by atoms with Gasteiger partial charge in [-0.2, -0.15) is 5.10 Å². The van der Waals surface area contributed by atoms with E-state index in [1.165, 1.54) is 19.3 Å². The largest absolute Gasteiger partial charge is 0.299 e. The molecule has 1 aliphatic rings. The number of carbonyl (C=O) groups excluding carboxylic acids is 1. The molecule has 0 N–H and O–H groups in total. The van der Waals surface area contributed by atoms with Crippen LogP contribution in [-0.2, 0) is 24.7 Å². The van der Waals surface area contributed by atoms with Crippen molar-refractivity contribution in [3.05, 3.63) is 17.5 Å². The van der Waals surface area contributed by atoms with Crippen LogP contribution in [0.2, 0.25) is 0 Å². The molecule has 0 spiro atoms. The maximum Gasteiger partial charge on any atom is 0.141 e. The lowest BCUT2D eigenvalue weighted by atomic mass is 9.78. The number of ketones is 1. The van der Waals surface area contributed by atoms with Gasteiger partial charge >= 0.3 is 0 Å². The molecule has 0 aromatic carbocycles. The van der Waals surface area contributed by atoms with Crippen molar-refractivity contribution in [1.82, 2.24) is 9.78 Å². The normalized spacial score (nSPS) is 23.5. The number of aryl methyl sites for hydroxylation is 2. The van der Waals surface area contributed by atoms with Crippen molar-refractivity contribution in [3.8, 4) is 0 Å². The van der Waals surface area contributed by atoms with Crippen LogP contribution in [-0.4, -0.2) is 15.6 Å². The molecular formula is C16H26N2O. The Morgan fingerprint density at radius 1 is 1.32 bits per heavy atom. The van der Waals surface area contributed by atoms with Gasteiger partial charge in [0.25, 0.3) is 0 Å². The van der Waals surface area contributed by atoms with Crippen LogP contribution in [0, 0.1) is 11.8 Å². The van der Waals surface area contributed by atoms with Crippen molar-refractivity contribution in [3.63, 3.8) is 0 Å². The van der Waals surface area contributed by atoms with Crippen molar-refractivity contribution in [2.75, 3.05) is 0 Å². The van der Waals surface area contributed by atoms with E-state index in [1.807, 2.05) is 11.7 Å². The first-order chi connectivity index (χ1) is 9.13. The Morgan fingerprint density at radius 2 is 2.00 bits per heavy atom. The Hall–Kier alpha value is -1.12. The summed E-state index contributed by atoms with van der Waals surface area (Å²) in [5.74, 6) is 1.57. The van der Waals surface area contributed by atoms with Gasteiger partial charge in [-0.15, -0.1) is 0 Å². The highest BCUT2D eigenvalue weighted by molar-refractivity contribution is 5.83. The second-order valence-corrected chi connectivity index (χ2v) is 5.87. The highest BCUT2D eigenvalue weighted by Crippen LogP contribution is 2.31. The van der Waals surface area contributed by atoms with Gasteiger partial charge in [-0.1, -0.05) is 20.3 Å². The first-order valence-corrected chi connectivity index (χ1v) is 7.68. The highest BCUT2D eigenvalue weighted by atomic mass is 16.1. The summed E-state index contributed by atoms with van der Waals surface area (Å²) >= 11 is 0. The minimum Gasteiger partial charge on any atom is -0.299 e. The molecule has 3 heteroatoms. The van der Waals surface area contributed by atoms with Crippen molar-refractivity contribution >= 4 is 5.78 Å². The summed E-state index contributed by atoms with van der Waals surface area (Å²) in [6, 6.07) is 2.08. The third-order valence-electron chi connectivity index (χ3n) is 4.62. The third kappa shape index (κ3) is 3.46. The SMILES string of the molecule is CCc1cc(CC(=O)C2CCC(CC)CC2)n(C)n1. The average Bonchev–Trinajstić information content (AvgIpc) is 2.79. The van der Waals surface area contributed by atoms with Crippen LogP contribution in [0.4, 0.5) is 0 Å². The van der Waals surface area contributed by atoms with E-state index in [0.717, 1.165) is 36.6 Å². The fourth-order valence-electron chi connectivity index (χ4n) is 3.13. The maximum atomic E-state index is 12.4.